The second kappa shape index (κ2) is 16.3. The molecule has 290 valence electrons. The monoisotopic (exact) mass is 750 g/mol. The van der Waals surface area contributed by atoms with Gasteiger partial charge in [-0.25, -0.2) is 4.98 Å². The van der Waals surface area contributed by atoms with Gasteiger partial charge in [0.05, 0.1) is 33.8 Å². The Hall–Kier alpha value is -5.08. The van der Waals surface area contributed by atoms with Gasteiger partial charge < -0.3 is 24.1 Å². The van der Waals surface area contributed by atoms with Gasteiger partial charge in [0.25, 0.3) is 5.56 Å². The third-order valence-corrected chi connectivity index (χ3v) is 10.9. The highest BCUT2D eigenvalue weighted by atomic mass is 16.6. The number of amides is 1. The zero-order chi connectivity index (χ0) is 38.6. The van der Waals surface area contributed by atoms with E-state index >= 15 is 0 Å². The molecule has 3 aromatic carbocycles. The number of H-pyrrole nitrogens is 1. The zero-order valence-electron chi connectivity index (χ0n) is 31.9. The van der Waals surface area contributed by atoms with E-state index in [-0.39, 0.29) is 48.2 Å². The molecule has 1 amide bonds. The van der Waals surface area contributed by atoms with Crippen molar-refractivity contribution in [3.63, 3.8) is 0 Å². The molecule has 55 heavy (non-hydrogen) atoms. The molecule has 2 aliphatic rings. The average molecular weight is 751 g/mol. The van der Waals surface area contributed by atoms with Crippen LogP contribution in [0, 0.1) is 5.92 Å². The third kappa shape index (κ3) is 7.75. The van der Waals surface area contributed by atoms with Crippen LogP contribution >= 0.6 is 0 Å². The van der Waals surface area contributed by atoms with Crippen molar-refractivity contribution in [1.29, 1.82) is 0 Å². The maximum absolute atomic E-state index is 13.2. The Morgan fingerprint density at radius 1 is 0.964 bits per heavy atom. The number of ether oxygens (including phenoxy) is 4. The van der Waals surface area contributed by atoms with Gasteiger partial charge in [-0.2, -0.15) is 4.98 Å². The SMILES string of the molecule is COc1ccc(C(OC[C@@]2(CO)CN(C3CCCCC3)C[C@H](n3cnc4c(=O)[nH]c(NC(=O)C(C)C)nc43)O2)(c2ccccc2)c2ccc(OC)cc2)cc1. The summed E-state index contributed by atoms with van der Waals surface area (Å²) in [4.78, 5) is 39.8. The molecule has 0 unspecified atom stereocenters. The second-order valence-electron chi connectivity index (χ2n) is 14.8. The number of methoxy groups -OCH3 is 2. The molecule has 7 rings (SSSR count). The van der Waals surface area contributed by atoms with Crippen molar-refractivity contribution >= 4 is 23.0 Å². The molecule has 3 heterocycles. The van der Waals surface area contributed by atoms with E-state index in [0.29, 0.717) is 24.6 Å². The quantitative estimate of drug-likeness (QED) is 0.129. The van der Waals surface area contributed by atoms with Gasteiger partial charge in [-0.15, -0.1) is 0 Å². The van der Waals surface area contributed by atoms with Crippen molar-refractivity contribution in [3.05, 3.63) is 112 Å². The maximum Gasteiger partial charge on any atom is 0.280 e. The van der Waals surface area contributed by atoms with Gasteiger partial charge in [-0.1, -0.05) is 87.7 Å². The molecular formula is C42H50N6O7. The fourth-order valence-electron chi connectivity index (χ4n) is 7.85. The molecule has 0 spiro atoms. The molecule has 5 aromatic rings. The molecule has 1 saturated carbocycles. The number of aliphatic hydroxyl groups excluding tert-OH is 1. The lowest BCUT2D eigenvalue weighted by molar-refractivity contribution is -0.234. The number of morpholine rings is 1. The molecule has 2 fully saturated rings. The molecule has 2 atom stereocenters. The fraction of sp³-hybridized carbons (Fsp3) is 0.429. The van der Waals surface area contributed by atoms with Crippen LogP contribution < -0.4 is 20.3 Å². The number of benzene rings is 3. The number of rotatable bonds is 13. The van der Waals surface area contributed by atoms with Crippen molar-refractivity contribution in [2.24, 2.45) is 5.92 Å². The van der Waals surface area contributed by atoms with E-state index in [0.717, 1.165) is 42.4 Å². The number of aromatic nitrogens is 4. The first-order valence-electron chi connectivity index (χ1n) is 19.0. The number of hydrogen-bond donors (Lipinski definition) is 3. The minimum absolute atomic E-state index is 0.00743. The molecular weight excluding hydrogens is 700 g/mol. The highest BCUT2D eigenvalue weighted by Crippen LogP contribution is 2.44. The average Bonchev–Trinajstić information content (AvgIpc) is 3.67. The summed E-state index contributed by atoms with van der Waals surface area (Å²) in [5.41, 5.74) is 0.138. The van der Waals surface area contributed by atoms with Crippen LogP contribution in [0.3, 0.4) is 0 Å². The smallest absolute Gasteiger partial charge is 0.280 e. The molecule has 1 saturated heterocycles. The Morgan fingerprint density at radius 2 is 1.58 bits per heavy atom. The van der Waals surface area contributed by atoms with E-state index in [4.69, 9.17) is 18.9 Å². The number of nitrogens with zero attached hydrogens (tertiary/aromatic N) is 4. The van der Waals surface area contributed by atoms with Crippen LogP contribution in [0.15, 0.2) is 90.0 Å². The Bertz CT molecular complexity index is 2070. The van der Waals surface area contributed by atoms with Crippen molar-refractivity contribution in [3.8, 4) is 11.5 Å². The van der Waals surface area contributed by atoms with Crippen molar-refractivity contribution in [2.75, 3.05) is 45.8 Å². The summed E-state index contributed by atoms with van der Waals surface area (Å²) >= 11 is 0. The predicted molar refractivity (Wildman–Crippen MR) is 208 cm³/mol. The molecule has 13 heteroatoms. The van der Waals surface area contributed by atoms with E-state index in [2.05, 4.69) is 25.2 Å². The number of aliphatic hydroxyl groups is 1. The molecule has 1 aliphatic carbocycles. The van der Waals surface area contributed by atoms with E-state index in [1.807, 2.05) is 78.9 Å². The Labute approximate surface area is 320 Å². The van der Waals surface area contributed by atoms with Gasteiger partial charge in [0.1, 0.15) is 28.9 Å². The van der Waals surface area contributed by atoms with Crippen LogP contribution in [0.25, 0.3) is 11.2 Å². The topological polar surface area (TPSA) is 153 Å². The lowest BCUT2D eigenvalue weighted by Crippen LogP contribution is -2.61. The minimum Gasteiger partial charge on any atom is -0.497 e. The molecule has 0 bridgehead atoms. The van der Waals surface area contributed by atoms with E-state index < -0.39 is 23.0 Å². The summed E-state index contributed by atoms with van der Waals surface area (Å²) in [6.45, 7) is 4.06. The summed E-state index contributed by atoms with van der Waals surface area (Å²) in [7, 11) is 3.27. The largest absolute Gasteiger partial charge is 0.497 e. The number of fused-ring (bicyclic) bond motifs is 1. The molecule has 13 nitrogen and oxygen atoms in total. The first kappa shape index (κ1) is 38.2. The maximum atomic E-state index is 13.2. The number of anilines is 1. The number of carbonyl (C=O) groups excluding carboxylic acids is 1. The second-order valence-corrected chi connectivity index (χ2v) is 14.8. The minimum atomic E-state index is -1.22. The molecule has 2 aromatic heterocycles. The van der Waals surface area contributed by atoms with Crippen molar-refractivity contribution in [2.45, 2.75) is 69.4 Å². The number of hydrogen-bond acceptors (Lipinski definition) is 10. The van der Waals surface area contributed by atoms with Crippen LogP contribution in [0.2, 0.25) is 0 Å². The van der Waals surface area contributed by atoms with Gasteiger partial charge in [-0.05, 0) is 53.8 Å². The first-order valence-corrected chi connectivity index (χ1v) is 19.0. The summed E-state index contributed by atoms with van der Waals surface area (Å²) in [5.74, 6) is 0.849. The summed E-state index contributed by atoms with van der Waals surface area (Å²) in [6.07, 6.45) is 6.31. The Kier molecular flexibility index (Phi) is 11.3. The third-order valence-electron chi connectivity index (χ3n) is 10.9. The normalized spacial score (nSPS) is 19.8. The fourth-order valence-corrected chi connectivity index (χ4v) is 7.85. The first-order chi connectivity index (χ1) is 26.7. The Morgan fingerprint density at radius 3 is 2.16 bits per heavy atom. The molecule has 0 radical (unpaired) electrons. The van der Waals surface area contributed by atoms with Gasteiger partial charge in [-0.3, -0.25) is 29.4 Å². The Balaban J connectivity index is 1.32. The van der Waals surface area contributed by atoms with Crippen LogP contribution in [-0.2, 0) is 19.9 Å². The number of imidazole rings is 1. The van der Waals surface area contributed by atoms with Crippen LogP contribution in [-0.4, -0.2) is 87.6 Å². The number of carbonyl (C=O) groups is 1. The summed E-state index contributed by atoms with van der Waals surface area (Å²) in [6, 6.07) is 25.9. The number of aromatic amines is 1. The van der Waals surface area contributed by atoms with Gasteiger partial charge in [0.2, 0.25) is 11.9 Å². The summed E-state index contributed by atoms with van der Waals surface area (Å²) in [5, 5.41) is 14.2. The lowest BCUT2D eigenvalue weighted by Gasteiger charge is -2.50. The highest BCUT2D eigenvalue weighted by Gasteiger charge is 2.47. The van der Waals surface area contributed by atoms with E-state index in [1.54, 1.807) is 39.0 Å². The van der Waals surface area contributed by atoms with Gasteiger partial charge in [0, 0.05) is 25.0 Å². The van der Waals surface area contributed by atoms with Crippen LogP contribution in [0.4, 0.5) is 5.95 Å². The van der Waals surface area contributed by atoms with Gasteiger partial charge >= 0.3 is 0 Å². The summed E-state index contributed by atoms with van der Waals surface area (Å²) < 4.78 is 27.1. The molecule has 1 aliphatic heterocycles. The van der Waals surface area contributed by atoms with Gasteiger partial charge in [0.15, 0.2) is 11.2 Å². The highest BCUT2D eigenvalue weighted by molar-refractivity contribution is 5.91. The molecule has 3 N–H and O–H groups in total. The predicted octanol–water partition coefficient (Wildman–Crippen LogP) is 5.63. The van der Waals surface area contributed by atoms with Crippen LogP contribution in [0.5, 0.6) is 11.5 Å². The lowest BCUT2D eigenvalue weighted by atomic mass is 9.79. The zero-order valence-corrected chi connectivity index (χ0v) is 31.9. The van der Waals surface area contributed by atoms with Crippen LogP contribution in [0.1, 0.15) is 68.9 Å². The number of nitrogens with one attached hydrogen (secondary N) is 2. The van der Waals surface area contributed by atoms with Crippen molar-refractivity contribution < 1.29 is 28.8 Å². The van der Waals surface area contributed by atoms with Crippen molar-refractivity contribution in [1.82, 2.24) is 24.4 Å². The standard InChI is InChI=1S/C42H50N6O7/c1-28(2)38(50)45-40-44-37-36(39(51)46-40)43-27-48(37)35-23-47(32-13-9-6-10-14-32)24-41(25-49,55-35)26-54-42(29-11-7-5-8-12-29,30-15-19-33(52-3)20-16-30)31-17-21-34(53-4)22-18-31/h5,7-8,11-12,15-22,27-28,32,35,49H,6,9-10,13-14,23-26H2,1-4H3,(H2,44,45,46,50,51)/t35-,41+/m1/s1. The van der Waals surface area contributed by atoms with E-state index in [9.17, 15) is 14.7 Å². The van der Waals surface area contributed by atoms with E-state index in [1.165, 1.54) is 6.42 Å².